The highest BCUT2D eigenvalue weighted by Gasteiger charge is 2.57. The fourth-order valence-corrected chi connectivity index (χ4v) is 4.90. The highest BCUT2D eigenvalue weighted by Crippen LogP contribution is 2.67. The number of rotatable bonds is 6. The highest BCUT2D eigenvalue weighted by molar-refractivity contribution is 5.79. The van der Waals surface area contributed by atoms with Gasteiger partial charge in [-0.15, -0.1) is 0 Å². The number of carbonyl (C=O) groups is 1. The Hall–Kier alpha value is -0.790. The number of unbranched alkanes of at least 4 members (excludes halogenated alkanes) is 3. The number of carboxylic acid groups (broad SMARTS) is 1. The van der Waals surface area contributed by atoms with Crippen molar-refractivity contribution in [3.05, 3.63) is 12.2 Å². The van der Waals surface area contributed by atoms with Gasteiger partial charge < -0.3 is 5.11 Å². The molecule has 0 spiro atoms. The maximum atomic E-state index is 9.95. The fraction of sp³-hybridized carbons (Fsp3) is 0.850. The maximum Gasteiger partial charge on any atom is 0.327 e. The van der Waals surface area contributed by atoms with E-state index in [4.69, 9.17) is 5.11 Å². The molecule has 2 nitrogen and oxygen atoms in total. The Morgan fingerprint density at radius 3 is 2.32 bits per heavy atom. The van der Waals surface area contributed by atoms with E-state index in [1.165, 1.54) is 44.6 Å². The van der Waals surface area contributed by atoms with Crippen molar-refractivity contribution >= 4 is 5.97 Å². The Morgan fingerprint density at radius 1 is 1.27 bits per heavy atom. The van der Waals surface area contributed by atoms with Crippen LogP contribution in [-0.2, 0) is 4.79 Å². The molecule has 2 bridgehead atoms. The van der Waals surface area contributed by atoms with Crippen LogP contribution >= 0.6 is 0 Å². The maximum absolute atomic E-state index is 9.95. The van der Waals surface area contributed by atoms with E-state index in [0.29, 0.717) is 10.8 Å². The zero-order valence-electron chi connectivity index (χ0n) is 15.3. The summed E-state index contributed by atoms with van der Waals surface area (Å²) in [6, 6.07) is 0. The third kappa shape index (κ3) is 4.60. The molecule has 2 heteroatoms. The summed E-state index contributed by atoms with van der Waals surface area (Å²) in [5, 5.41) is 8.18. The van der Waals surface area contributed by atoms with Crippen LogP contribution in [0.4, 0.5) is 0 Å². The summed E-state index contributed by atoms with van der Waals surface area (Å²) in [6.45, 7) is 12.0. The molecule has 0 aromatic carbocycles. The number of hydrogen-bond acceptors (Lipinski definition) is 1. The SMILES string of the molecule is CC(C)C12CCC(CC1(C)C)C2.CCCCCC=CC(=O)O. The van der Waals surface area contributed by atoms with Crippen LogP contribution in [0.15, 0.2) is 12.2 Å². The van der Waals surface area contributed by atoms with E-state index in [0.717, 1.165) is 24.7 Å². The first-order valence-corrected chi connectivity index (χ1v) is 9.14. The zero-order chi connectivity index (χ0) is 16.8. The smallest absolute Gasteiger partial charge is 0.327 e. The standard InChI is InChI=1S/C12H22.C8H14O2/c1-9(2)12-6-5-10(8-12)7-11(12,3)4;1-2-3-4-5-6-7-8(9)10/h9-10H,5-8H2,1-4H3;6-7H,2-5H2,1H3,(H,9,10). The van der Waals surface area contributed by atoms with Gasteiger partial charge in [0.25, 0.3) is 0 Å². The van der Waals surface area contributed by atoms with Crippen molar-refractivity contribution in [3.63, 3.8) is 0 Å². The summed E-state index contributed by atoms with van der Waals surface area (Å²) in [5.74, 6) is 1.11. The largest absolute Gasteiger partial charge is 0.478 e. The topological polar surface area (TPSA) is 37.3 Å². The molecule has 128 valence electrons. The van der Waals surface area contributed by atoms with Crippen LogP contribution in [0.2, 0.25) is 0 Å². The average Bonchev–Trinajstić information content (AvgIpc) is 2.94. The van der Waals surface area contributed by atoms with Gasteiger partial charge in [-0.1, -0.05) is 53.5 Å². The molecule has 22 heavy (non-hydrogen) atoms. The van der Waals surface area contributed by atoms with Crippen molar-refractivity contribution in [2.75, 3.05) is 0 Å². The van der Waals surface area contributed by atoms with Crippen LogP contribution in [0.3, 0.4) is 0 Å². The molecule has 1 N–H and O–H groups in total. The first kappa shape index (κ1) is 19.3. The van der Waals surface area contributed by atoms with Crippen LogP contribution in [0.25, 0.3) is 0 Å². The van der Waals surface area contributed by atoms with Crippen LogP contribution < -0.4 is 0 Å². The minimum absolute atomic E-state index is 0.629. The summed E-state index contributed by atoms with van der Waals surface area (Å²) in [4.78, 5) is 9.95. The van der Waals surface area contributed by atoms with Crippen molar-refractivity contribution in [3.8, 4) is 0 Å². The van der Waals surface area contributed by atoms with Gasteiger partial charge >= 0.3 is 5.97 Å². The lowest BCUT2D eigenvalue weighted by Crippen LogP contribution is -2.37. The molecule has 2 aliphatic rings. The van der Waals surface area contributed by atoms with Gasteiger partial charge in [0.1, 0.15) is 0 Å². The van der Waals surface area contributed by atoms with Crippen molar-refractivity contribution in [1.82, 2.24) is 0 Å². The lowest BCUT2D eigenvalue weighted by atomic mass is 9.60. The number of carboxylic acids is 1. The van der Waals surface area contributed by atoms with E-state index in [9.17, 15) is 4.79 Å². The average molecular weight is 309 g/mol. The van der Waals surface area contributed by atoms with Gasteiger partial charge in [0, 0.05) is 6.08 Å². The molecule has 2 saturated carbocycles. The van der Waals surface area contributed by atoms with Gasteiger partial charge in [-0.3, -0.25) is 0 Å². The first-order chi connectivity index (χ1) is 10.2. The fourth-order valence-electron chi connectivity index (χ4n) is 4.90. The van der Waals surface area contributed by atoms with E-state index in [1.54, 1.807) is 6.08 Å². The molecular weight excluding hydrogens is 272 g/mol. The van der Waals surface area contributed by atoms with Crippen LogP contribution in [0.1, 0.15) is 86.0 Å². The monoisotopic (exact) mass is 308 g/mol. The highest BCUT2D eigenvalue weighted by atomic mass is 16.4. The Morgan fingerprint density at radius 2 is 1.95 bits per heavy atom. The molecule has 0 radical (unpaired) electrons. The zero-order valence-corrected chi connectivity index (χ0v) is 15.3. The second-order valence-electron chi connectivity index (χ2n) is 8.24. The molecule has 2 rings (SSSR count). The van der Waals surface area contributed by atoms with Crippen molar-refractivity contribution in [2.24, 2.45) is 22.7 Å². The minimum Gasteiger partial charge on any atom is -0.478 e. The second-order valence-corrected chi connectivity index (χ2v) is 8.24. The van der Waals surface area contributed by atoms with Crippen molar-refractivity contribution < 1.29 is 9.90 Å². The Kier molecular flexibility index (Phi) is 7.15. The summed E-state index contributed by atoms with van der Waals surface area (Å²) in [5.41, 5.74) is 1.34. The normalized spacial score (nSPS) is 28.9. The summed E-state index contributed by atoms with van der Waals surface area (Å²) in [7, 11) is 0. The molecule has 2 unspecified atom stereocenters. The molecule has 2 fully saturated rings. The Bertz CT molecular complexity index is 381. The molecular formula is C20H36O2. The third-order valence-electron chi connectivity index (χ3n) is 6.14. The Labute approximate surface area is 137 Å². The number of fused-ring (bicyclic) bond motifs is 2. The van der Waals surface area contributed by atoms with E-state index < -0.39 is 5.97 Å². The molecule has 0 aromatic rings. The second kappa shape index (κ2) is 8.17. The van der Waals surface area contributed by atoms with Crippen LogP contribution in [-0.4, -0.2) is 11.1 Å². The lowest BCUT2D eigenvalue weighted by molar-refractivity contribution is -0.131. The molecule has 2 atom stereocenters. The summed E-state index contributed by atoms with van der Waals surface area (Å²) in [6.07, 6.45) is 13.3. The Balaban J connectivity index is 0.000000225. The summed E-state index contributed by atoms with van der Waals surface area (Å²) >= 11 is 0. The number of allylic oxidation sites excluding steroid dienone is 1. The van der Waals surface area contributed by atoms with Gasteiger partial charge in [0.2, 0.25) is 0 Å². The van der Waals surface area contributed by atoms with Gasteiger partial charge in [0.15, 0.2) is 0 Å². The first-order valence-electron chi connectivity index (χ1n) is 9.14. The van der Waals surface area contributed by atoms with Gasteiger partial charge in [-0.25, -0.2) is 4.79 Å². The van der Waals surface area contributed by atoms with Gasteiger partial charge in [-0.2, -0.15) is 0 Å². The number of hydrogen-bond donors (Lipinski definition) is 1. The predicted octanol–water partition coefficient (Wildman–Crippen LogP) is 6.07. The van der Waals surface area contributed by atoms with E-state index in [2.05, 4.69) is 34.6 Å². The third-order valence-corrected chi connectivity index (χ3v) is 6.14. The lowest BCUT2D eigenvalue weighted by Gasteiger charge is -2.45. The minimum atomic E-state index is -0.850. The van der Waals surface area contributed by atoms with Gasteiger partial charge in [-0.05, 0) is 61.2 Å². The molecule has 2 aliphatic carbocycles. The molecule has 0 heterocycles. The van der Waals surface area contributed by atoms with Gasteiger partial charge in [0.05, 0.1) is 0 Å². The summed E-state index contributed by atoms with van der Waals surface area (Å²) < 4.78 is 0. The molecule has 0 amide bonds. The van der Waals surface area contributed by atoms with Crippen LogP contribution in [0.5, 0.6) is 0 Å². The predicted molar refractivity (Wildman–Crippen MR) is 93.9 cm³/mol. The van der Waals surface area contributed by atoms with Crippen molar-refractivity contribution in [1.29, 1.82) is 0 Å². The van der Waals surface area contributed by atoms with E-state index >= 15 is 0 Å². The van der Waals surface area contributed by atoms with Crippen molar-refractivity contribution in [2.45, 2.75) is 86.0 Å². The van der Waals surface area contributed by atoms with Crippen LogP contribution in [0, 0.1) is 22.7 Å². The van der Waals surface area contributed by atoms with E-state index in [1.807, 2.05) is 0 Å². The molecule has 0 saturated heterocycles. The molecule has 0 aromatic heterocycles. The molecule has 0 aliphatic heterocycles. The quantitative estimate of drug-likeness (QED) is 0.478. The van der Waals surface area contributed by atoms with E-state index in [-0.39, 0.29) is 0 Å². The number of aliphatic carboxylic acids is 1.